The van der Waals surface area contributed by atoms with Gasteiger partial charge in [0.15, 0.2) is 0 Å². The van der Waals surface area contributed by atoms with Gasteiger partial charge < -0.3 is 5.32 Å². The minimum Gasteiger partial charge on any atom is -0.307 e. The fraction of sp³-hybridized carbons (Fsp3) is 0.300. The molecule has 1 saturated carbocycles. The molecule has 0 spiro atoms. The molecule has 1 nitrogen and oxygen atoms in total. The number of hydrogen-bond donors (Lipinski definition) is 1. The van der Waals surface area contributed by atoms with E-state index < -0.39 is 0 Å². The molecule has 1 aliphatic rings. The van der Waals surface area contributed by atoms with Crippen molar-refractivity contribution in [3.63, 3.8) is 0 Å². The normalized spacial score (nSPS) is 14.9. The topological polar surface area (TPSA) is 12.0 Å². The molecule has 1 fully saturated rings. The first-order valence-electron chi connectivity index (χ1n) is 7.98. The molecule has 0 radical (unpaired) electrons. The number of hydrogen-bond acceptors (Lipinski definition) is 1. The Morgan fingerprint density at radius 3 is 2.17 bits per heavy atom. The van der Waals surface area contributed by atoms with Gasteiger partial charge in [0.05, 0.1) is 0 Å². The molecule has 1 aliphatic carbocycles. The standard InChI is InChI=1S/C20H19Br2N/c1-2-20(23-19-9-10-19)16-7-5-14(6-8-16)3-4-15-11-17(21)13-18(22)12-15/h5-8,11-13,19-20,23H,2,9-10H2,1H3. The average molecular weight is 433 g/mol. The van der Waals surface area contributed by atoms with E-state index in [4.69, 9.17) is 0 Å². The van der Waals surface area contributed by atoms with Crippen LogP contribution in [-0.4, -0.2) is 6.04 Å². The van der Waals surface area contributed by atoms with Crippen LogP contribution in [0.15, 0.2) is 51.4 Å². The Morgan fingerprint density at radius 1 is 1.00 bits per heavy atom. The molecular formula is C20H19Br2N. The third-order valence-electron chi connectivity index (χ3n) is 3.95. The summed E-state index contributed by atoms with van der Waals surface area (Å²) in [5.41, 5.74) is 3.40. The monoisotopic (exact) mass is 431 g/mol. The van der Waals surface area contributed by atoms with E-state index in [2.05, 4.69) is 80.2 Å². The molecule has 118 valence electrons. The molecule has 23 heavy (non-hydrogen) atoms. The molecule has 3 rings (SSSR count). The van der Waals surface area contributed by atoms with Crippen molar-refractivity contribution in [3.8, 4) is 11.8 Å². The molecule has 2 aromatic carbocycles. The Morgan fingerprint density at radius 2 is 1.61 bits per heavy atom. The summed E-state index contributed by atoms with van der Waals surface area (Å²) in [5, 5.41) is 3.70. The Balaban J connectivity index is 1.73. The lowest BCUT2D eigenvalue weighted by molar-refractivity contribution is 0.516. The zero-order valence-corrected chi connectivity index (χ0v) is 16.2. The van der Waals surface area contributed by atoms with Crippen LogP contribution < -0.4 is 5.32 Å². The molecular weight excluding hydrogens is 414 g/mol. The highest BCUT2D eigenvalue weighted by molar-refractivity contribution is 9.11. The Kier molecular flexibility index (Phi) is 5.58. The van der Waals surface area contributed by atoms with Crippen LogP contribution in [0.3, 0.4) is 0 Å². The maximum absolute atomic E-state index is 3.70. The molecule has 0 bridgehead atoms. The van der Waals surface area contributed by atoms with E-state index >= 15 is 0 Å². The predicted octanol–water partition coefficient (Wildman–Crippen LogP) is 5.81. The van der Waals surface area contributed by atoms with Crippen LogP contribution in [0.25, 0.3) is 0 Å². The van der Waals surface area contributed by atoms with Gasteiger partial charge in [0, 0.05) is 32.2 Å². The third-order valence-corrected chi connectivity index (χ3v) is 4.86. The van der Waals surface area contributed by atoms with Crippen molar-refractivity contribution < 1.29 is 0 Å². The van der Waals surface area contributed by atoms with Gasteiger partial charge in [-0.05, 0) is 55.2 Å². The Hall–Kier alpha value is -1.08. The lowest BCUT2D eigenvalue weighted by atomic mass is 10.0. The molecule has 0 saturated heterocycles. The second kappa shape index (κ2) is 7.66. The minimum atomic E-state index is 0.463. The largest absolute Gasteiger partial charge is 0.307 e. The minimum absolute atomic E-state index is 0.463. The first-order chi connectivity index (χ1) is 11.1. The van der Waals surface area contributed by atoms with Gasteiger partial charge in [-0.15, -0.1) is 0 Å². The van der Waals surface area contributed by atoms with E-state index in [0.29, 0.717) is 6.04 Å². The molecule has 1 N–H and O–H groups in total. The van der Waals surface area contributed by atoms with Crippen LogP contribution >= 0.6 is 31.9 Å². The lowest BCUT2D eigenvalue weighted by Crippen LogP contribution is -2.22. The summed E-state index contributed by atoms with van der Waals surface area (Å²) < 4.78 is 2.06. The second-order valence-corrected chi connectivity index (χ2v) is 7.76. The van der Waals surface area contributed by atoms with Crippen molar-refractivity contribution in [2.75, 3.05) is 0 Å². The summed E-state index contributed by atoms with van der Waals surface area (Å²) in [6.45, 7) is 2.24. The van der Waals surface area contributed by atoms with Crippen LogP contribution in [0.4, 0.5) is 0 Å². The van der Waals surface area contributed by atoms with Gasteiger partial charge in [0.1, 0.15) is 0 Å². The number of nitrogens with one attached hydrogen (secondary N) is 1. The molecule has 0 heterocycles. The van der Waals surface area contributed by atoms with Crippen molar-refractivity contribution in [1.82, 2.24) is 5.32 Å². The number of benzene rings is 2. The van der Waals surface area contributed by atoms with Crippen molar-refractivity contribution in [3.05, 3.63) is 68.1 Å². The summed E-state index contributed by atoms with van der Waals surface area (Å²) >= 11 is 6.98. The van der Waals surface area contributed by atoms with Gasteiger partial charge in [-0.25, -0.2) is 0 Å². The summed E-state index contributed by atoms with van der Waals surface area (Å²) in [5.74, 6) is 6.46. The quantitative estimate of drug-likeness (QED) is 0.600. The van der Waals surface area contributed by atoms with Crippen molar-refractivity contribution in [2.45, 2.75) is 38.3 Å². The lowest BCUT2D eigenvalue weighted by Gasteiger charge is -2.17. The predicted molar refractivity (Wildman–Crippen MR) is 103 cm³/mol. The fourth-order valence-corrected chi connectivity index (χ4v) is 3.85. The molecule has 2 aromatic rings. The maximum atomic E-state index is 3.70. The van der Waals surface area contributed by atoms with Gasteiger partial charge in [0.2, 0.25) is 0 Å². The summed E-state index contributed by atoms with van der Waals surface area (Å²) in [4.78, 5) is 0. The van der Waals surface area contributed by atoms with Gasteiger partial charge in [0.25, 0.3) is 0 Å². The smallest absolute Gasteiger partial charge is 0.0320 e. The Bertz CT molecular complexity index is 716. The fourth-order valence-electron chi connectivity index (χ4n) is 2.55. The Labute approximate surface area is 155 Å². The van der Waals surface area contributed by atoms with Gasteiger partial charge >= 0.3 is 0 Å². The van der Waals surface area contributed by atoms with E-state index in [1.54, 1.807) is 0 Å². The van der Waals surface area contributed by atoms with Gasteiger partial charge in [-0.1, -0.05) is 62.8 Å². The van der Waals surface area contributed by atoms with Gasteiger partial charge in [-0.2, -0.15) is 0 Å². The van der Waals surface area contributed by atoms with E-state index in [-0.39, 0.29) is 0 Å². The first-order valence-corrected chi connectivity index (χ1v) is 9.57. The van der Waals surface area contributed by atoms with E-state index in [1.165, 1.54) is 18.4 Å². The molecule has 0 aromatic heterocycles. The summed E-state index contributed by atoms with van der Waals surface area (Å²) in [7, 11) is 0. The highest BCUT2D eigenvalue weighted by Gasteiger charge is 2.24. The number of rotatable bonds is 4. The molecule has 3 heteroatoms. The highest BCUT2D eigenvalue weighted by Crippen LogP contribution is 2.26. The summed E-state index contributed by atoms with van der Waals surface area (Å²) in [6, 6.07) is 15.9. The molecule has 0 amide bonds. The van der Waals surface area contributed by atoms with Crippen LogP contribution in [0.5, 0.6) is 0 Å². The van der Waals surface area contributed by atoms with Crippen molar-refractivity contribution >= 4 is 31.9 Å². The average Bonchev–Trinajstić information content (AvgIpc) is 3.34. The SMILES string of the molecule is CCC(NC1CC1)c1ccc(C#Cc2cc(Br)cc(Br)c2)cc1. The third kappa shape index (κ3) is 4.94. The van der Waals surface area contributed by atoms with Crippen LogP contribution in [0, 0.1) is 11.8 Å². The van der Waals surface area contributed by atoms with Crippen LogP contribution in [0.2, 0.25) is 0 Å². The zero-order valence-electron chi connectivity index (χ0n) is 13.1. The maximum Gasteiger partial charge on any atom is 0.0320 e. The van der Waals surface area contributed by atoms with Crippen LogP contribution in [0.1, 0.15) is 48.9 Å². The van der Waals surface area contributed by atoms with E-state index in [9.17, 15) is 0 Å². The highest BCUT2D eigenvalue weighted by atomic mass is 79.9. The molecule has 0 aliphatic heterocycles. The van der Waals surface area contributed by atoms with Crippen LogP contribution in [-0.2, 0) is 0 Å². The van der Waals surface area contributed by atoms with E-state index in [0.717, 1.165) is 32.5 Å². The number of halogens is 2. The molecule has 1 atom stereocenters. The van der Waals surface area contributed by atoms with Crippen molar-refractivity contribution in [1.29, 1.82) is 0 Å². The second-order valence-electron chi connectivity index (χ2n) is 5.93. The summed E-state index contributed by atoms with van der Waals surface area (Å²) in [6.07, 6.45) is 3.76. The van der Waals surface area contributed by atoms with E-state index in [1.807, 2.05) is 18.2 Å². The van der Waals surface area contributed by atoms with Gasteiger partial charge in [-0.3, -0.25) is 0 Å². The zero-order chi connectivity index (χ0) is 16.2. The molecule has 1 unspecified atom stereocenters. The first kappa shape index (κ1) is 16.8. The van der Waals surface area contributed by atoms with Crippen molar-refractivity contribution in [2.24, 2.45) is 0 Å².